The second kappa shape index (κ2) is 6.79. The van der Waals surface area contributed by atoms with Crippen molar-refractivity contribution in [1.29, 1.82) is 0 Å². The van der Waals surface area contributed by atoms with Gasteiger partial charge in [0.05, 0.1) is 5.56 Å². The van der Waals surface area contributed by atoms with Crippen molar-refractivity contribution in [2.45, 2.75) is 20.0 Å². The van der Waals surface area contributed by atoms with E-state index in [4.69, 9.17) is 0 Å². The highest BCUT2D eigenvalue weighted by molar-refractivity contribution is 6.04. The van der Waals surface area contributed by atoms with E-state index in [2.05, 4.69) is 15.6 Å². The van der Waals surface area contributed by atoms with Gasteiger partial charge in [-0.1, -0.05) is 26.0 Å². The highest BCUT2D eigenvalue weighted by Gasteiger charge is 2.34. The predicted molar refractivity (Wildman–Crippen MR) is 107 cm³/mol. The molecule has 2 heterocycles. The van der Waals surface area contributed by atoms with E-state index in [9.17, 15) is 9.59 Å². The fourth-order valence-corrected chi connectivity index (χ4v) is 3.50. The van der Waals surface area contributed by atoms with Crippen LogP contribution in [-0.2, 0) is 4.79 Å². The van der Waals surface area contributed by atoms with Gasteiger partial charge in [0.2, 0.25) is 5.91 Å². The molecule has 2 aromatic carbocycles. The summed E-state index contributed by atoms with van der Waals surface area (Å²) >= 11 is 0. The number of nitrogens with one attached hydrogen (secondary N) is 3. The lowest BCUT2D eigenvalue weighted by Crippen LogP contribution is -2.53. The van der Waals surface area contributed by atoms with Gasteiger partial charge in [-0.25, -0.2) is 0 Å². The van der Waals surface area contributed by atoms with Crippen LogP contribution >= 0.6 is 0 Å². The highest BCUT2D eigenvalue weighted by atomic mass is 16.2. The van der Waals surface area contributed by atoms with Crippen molar-refractivity contribution in [2.75, 3.05) is 17.2 Å². The lowest BCUT2D eigenvalue weighted by atomic mass is 10.0. The molecule has 0 saturated carbocycles. The van der Waals surface area contributed by atoms with Gasteiger partial charge in [-0.3, -0.25) is 9.59 Å². The molecule has 2 amide bonds. The molecule has 0 saturated heterocycles. The Morgan fingerprint density at radius 2 is 2.00 bits per heavy atom. The van der Waals surface area contributed by atoms with Crippen molar-refractivity contribution in [2.24, 2.45) is 5.92 Å². The molecular formula is C21H22N4O2. The van der Waals surface area contributed by atoms with Crippen LogP contribution in [0, 0.1) is 5.92 Å². The zero-order valence-corrected chi connectivity index (χ0v) is 15.3. The van der Waals surface area contributed by atoms with Crippen LogP contribution in [0.3, 0.4) is 0 Å². The van der Waals surface area contributed by atoms with Crippen LogP contribution in [0.1, 0.15) is 24.2 Å². The van der Waals surface area contributed by atoms with Gasteiger partial charge in [-0.2, -0.15) is 0 Å². The number of rotatable bonds is 4. The molecule has 3 aromatic rings. The summed E-state index contributed by atoms with van der Waals surface area (Å²) in [6.07, 6.45) is 1.63. The van der Waals surface area contributed by atoms with Crippen LogP contribution in [0.2, 0.25) is 0 Å². The maximum Gasteiger partial charge on any atom is 0.258 e. The Morgan fingerprint density at radius 3 is 2.81 bits per heavy atom. The van der Waals surface area contributed by atoms with E-state index in [0.29, 0.717) is 11.3 Å². The van der Waals surface area contributed by atoms with Crippen molar-refractivity contribution in [1.82, 2.24) is 9.88 Å². The molecule has 0 aliphatic carbocycles. The standard InChI is InChI=1S/C21H22N4O2/c1-13(2)20-24-18-6-4-3-5-16(18)21(27)25(20)12-19(26)23-15-7-8-17-14(11-15)9-10-22-17/h3-11,13,20,22,24H,12H2,1-2H3,(H,23,26)/t20-/m1/s1. The molecule has 0 unspecified atom stereocenters. The Morgan fingerprint density at radius 1 is 1.19 bits per heavy atom. The van der Waals surface area contributed by atoms with E-state index in [1.165, 1.54) is 0 Å². The molecule has 27 heavy (non-hydrogen) atoms. The van der Waals surface area contributed by atoms with Gasteiger partial charge >= 0.3 is 0 Å². The number of aromatic amines is 1. The molecule has 4 rings (SSSR count). The first-order valence-corrected chi connectivity index (χ1v) is 9.06. The van der Waals surface area contributed by atoms with Crippen LogP contribution in [0.5, 0.6) is 0 Å². The Labute approximate surface area is 157 Å². The zero-order valence-electron chi connectivity index (χ0n) is 15.3. The maximum atomic E-state index is 13.0. The summed E-state index contributed by atoms with van der Waals surface area (Å²) in [4.78, 5) is 30.3. The number of aromatic nitrogens is 1. The molecule has 138 valence electrons. The molecule has 0 spiro atoms. The fraction of sp³-hybridized carbons (Fsp3) is 0.238. The fourth-order valence-electron chi connectivity index (χ4n) is 3.50. The topological polar surface area (TPSA) is 77.2 Å². The third kappa shape index (κ3) is 3.26. The van der Waals surface area contributed by atoms with E-state index in [0.717, 1.165) is 16.6 Å². The number of hydrogen-bond donors (Lipinski definition) is 3. The van der Waals surface area contributed by atoms with E-state index in [1.807, 2.05) is 62.5 Å². The number of hydrogen-bond acceptors (Lipinski definition) is 3. The van der Waals surface area contributed by atoms with Gasteiger partial charge in [0.15, 0.2) is 0 Å². The van der Waals surface area contributed by atoms with Gasteiger partial charge in [0, 0.05) is 28.5 Å². The number of carbonyl (C=O) groups is 2. The zero-order chi connectivity index (χ0) is 19.0. The molecule has 0 fully saturated rings. The summed E-state index contributed by atoms with van der Waals surface area (Å²) in [7, 11) is 0. The summed E-state index contributed by atoms with van der Waals surface area (Å²) < 4.78 is 0. The highest BCUT2D eigenvalue weighted by Crippen LogP contribution is 2.28. The van der Waals surface area contributed by atoms with E-state index >= 15 is 0 Å². The number of H-pyrrole nitrogens is 1. The average molecular weight is 362 g/mol. The monoisotopic (exact) mass is 362 g/mol. The molecule has 1 aliphatic rings. The number of anilines is 2. The lowest BCUT2D eigenvalue weighted by molar-refractivity contribution is -0.117. The molecule has 0 radical (unpaired) electrons. The van der Waals surface area contributed by atoms with Crippen molar-refractivity contribution in [3.8, 4) is 0 Å². The lowest BCUT2D eigenvalue weighted by Gasteiger charge is -2.39. The summed E-state index contributed by atoms with van der Waals surface area (Å²) in [5.41, 5.74) is 3.14. The minimum Gasteiger partial charge on any atom is -0.364 e. The molecule has 6 nitrogen and oxygen atoms in total. The van der Waals surface area contributed by atoms with Gasteiger partial charge in [0.1, 0.15) is 12.7 Å². The van der Waals surface area contributed by atoms with Crippen LogP contribution in [0.4, 0.5) is 11.4 Å². The summed E-state index contributed by atoms with van der Waals surface area (Å²) in [5.74, 6) is -0.185. The normalized spacial score (nSPS) is 16.3. The quantitative estimate of drug-likeness (QED) is 0.663. The Hall–Kier alpha value is -3.28. The van der Waals surface area contributed by atoms with E-state index < -0.39 is 0 Å². The Balaban J connectivity index is 1.54. The smallest absolute Gasteiger partial charge is 0.258 e. The average Bonchev–Trinajstić information content (AvgIpc) is 3.11. The number of para-hydroxylation sites is 1. The van der Waals surface area contributed by atoms with Crippen LogP contribution in [0.25, 0.3) is 10.9 Å². The summed E-state index contributed by atoms with van der Waals surface area (Å²) in [5, 5.41) is 7.31. The largest absolute Gasteiger partial charge is 0.364 e. The molecule has 1 aliphatic heterocycles. The van der Waals surface area contributed by atoms with Crippen LogP contribution < -0.4 is 10.6 Å². The maximum absolute atomic E-state index is 13.0. The van der Waals surface area contributed by atoms with Gasteiger partial charge in [0.25, 0.3) is 5.91 Å². The molecule has 0 bridgehead atoms. The number of carbonyl (C=O) groups excluding carboxylic acids is 2. The first-order chi connectivity index (χ1) is 13.0. The first kappa shape index (κ1) is 17.1. The number of benzene rings is 2. The molecule has 6 heteroatoms. The van der Waals surface area contributed by atoms with Crippen molar-refractivity contribution in [3.63, 3.8) is 0 Å². The van der Waals surface area contributed by atoms with Crippen molar-refractivity contribution >= 4 is 34.1 Å². The van der Waals surface area contributed by atoms with E-state index in [-0.39, 0.29) is 30.4 Å². The van der Waals surface area contributed by atoms with Gasteiger partial charge in [-0.05, 0) is 42.3 Å². The molecule has 3 N–H and O–H groups in total. The van der Waals surface area contributed by atoms with E-state index in [1.54, 1.807) is 11.0 Å². The minimum absolute atomic E-state index is 0.00577. The predicted octanol–water partition coefficient (Wildman–Crippen LogP) is 3.66. The Kier molecular flexibility index (Phi) is 4.32. The van der Waals surface area contributed by atoms with Crippen molar-refractivity contribution in [3.05, 3.63) is 60.3 Å². The summed E-state index contributed by atoms with van der Waals surface area (Å²) in [6.45, 7) is 4.06. The third-order valence-electron chi connectivity index (χ3n) is 4.84. The molecule has 1 aromatic heterocycles. The first-order valence-electron chi connectivity index (χ1n) is 9.06. The third-order valence-corrected chi connectivity index (χ3v) is 4.84. The Bertz CT molecular complexity index is 1010. The van der Waals surface area contributed by atoms with Crippen molar-refractivity contribution < 1.29 is 9.59 Å². The van der Waals surface area contributed by atoms with Crippen LogP contribution in [0.15, 0.2) is 54.7 Å². The van der Waals surface area contributed by atoms with Gasteiger partial charge < -0.3 is 20.5 Å². The molecular weight excluding hydrogens is 340 g/mol. The molecule has 1 atom stereocenters. The SMILES string of the molecule is CC(C)[C@@H]1Nc2ccccc2C(=O)N1CC(=O)Nc1ccc2[nH]ccc2c1. The second-order valence-electron chi connectivity index (χ2n) is 7.14. The number of nitrogens with zero attached hydrogens (tertiary/aromatic N) is 1. The summed E-state index contributed by atoms with van der Waals surface area (Å²) in [6, 6.07) is 15.0. The second-order valence-corrected chi connectivity index (χ2v) is 7.14. The number of fused-ring (bicyclic) bond motifs is 2. The number of amides is 2. The van der Waals surface area contributed by atoms with Crippen LogP contribution in [-0.4, -0.2) is 34.4 Å². The van der Waals surface area contributed by atoms with Gasteiger partial charge in [-0.15, -0.1) is 0 Å². The minimum atomic E-state index is -0.231.